The summed E-state index contributed by atoms with van der Waals surface area (Å²) >= 11 is 0. The second-order valence-electron chi connectivity index (χ2n) is 4.29. The molecule has 3 N–H and O–H groups in total. The largest absolute Gasteiger partial charge is 0.395 e. The highest BCUT2D eigenvalue weighted by molar-refractivity contribution is 6.06. The lowest BCUT2D eigenvalue weighted by Gasteiger charge is -2.06. The molecule has 0 bridgehead atoms. The number of nitrogen functional groups attached to an aromatic ring is 1. The van der Waals surface area contributed by atoms with Crippen molar-refractivity contribution in [3.8, 4) is 0 Å². The van der Waals surface area contributed by atoms with Crippen LogP contribution in [0, 0.1) is 13.8 Å². The van der Waals surface area contributed by atoms with Crippen molar-refractivity contribution in [2.45, 2.75) is 13.8 Å². The summed E-state index contributed by atoms with van der Waals surface area (Å²) in [5.41, 5.74) is 9.18. The van der Waals surface area contributed by atoms with E-state index >= 15 is 0 Å². The Morgan fingerprint density at radius 2 is 1.89 bits per heavy atom. The minimum Gasteiger partial charge on any atom is -0.395 e. The van der Waals surface area contributed by atoms with Crippen LogP contribution in [-0.4, -0.2) is 15.7 Å². The first-order chi connectivity index (χ1) is 8.49. The van der Waals surface area contributed by atoms with E-state index in [-0.39, 0.29) is 5.91 Å². The van der Waals surface area contributed by atoms with Gasteiger partial charge in [-0.1, -0.05) is 17.7 Å². The number of anilines is 2. The van der Waals surface area contributed by atoms with Gasteiger partial charge in [0.25, 0.3) is 5.91 Å². The predicted molar refractivity (Wildman–Crippen MR) is 71.5 cm³/mol. The van der Waals surface area contributed by atoms with Crippen LogP contribution < -0.4 is 11.1 Å². The molecular formula is C13H16N4O. The molecule has 1 aromatic heterocycles. The number of carbonyl (C=O) groups is 1. The van der Waals surface area contributed by atoms with Crippen LogP contribution in [0.25, 0.3) is 0 Å². The molecule has 1 heterocycles. The number of carbonyl (C=O) groups excluding carboxylic acids is 1. The van der Waals surface area contributed by atoms with E-state index < -0.39 is 0 Å². The first-order valence-electron chi connectivity index (χ1n) is 5.66. The minimum absolute atomic E-state index is 0.251. The number of aromatic nitrogens is 2. The van der Waals surface area contributed by atoms with Crippen LogP contribution in [0.4, 0.5) is 11.4 Å². The van der Waals surface area contributed by atoms with E-state index in [1.807, 2.05) is 31.2 Å². The number of rotatable bonds is 2. The van der Waals surface area contributed by atoms with E-state index in [1.165, 1.54) is 4.68 Å². The molecule has 0 aliphatic heterocycles. The van der Waals surface area contributed by atoms with Gasteiger partial charge in [-0.2, -0.15) is 5.10 Å². The number of aryl methyl sites for hydroxylation is 3. The minimum atomic E-state index is -0.251. The van der Waals surface area contributed by atoms with E-state index in [2.05, 4.69) is 10.4 Å². The third-order valence-electron chi connectivity index (χ3n) is 2.79. The first kappa shape index (κ1) is 12.2. The number of hydrogen-bond acceptors (Lipinski definition) is 3. The molecule has 0 saturated carbocycles. The summed E-state index contributed by atoms with van der Waals surface area (Å²) < 4.78 is 1.49. The van der Waals surface area contributed by atoms with Gasteiger partial charge < -0.3 is 11.1 Å². The molecule has 2 aromatic rings. The van der Waals surface area contributed by atoms with E-state index in [1.54, 1.807) is 14.0 Å². The summed E-state index contributed by atoms with van der Waals surface area (Å²) in [5, 5.41) is 6.92. The number of amides is 1. The zero-order chi connectivity index (χ0) is 13.3. The fourth-order valence-electron chi connectivity index (χ4n) is 1.77. The summed E-state index contributed by atoms with van der Waals surface area (Å²) in [6.45, 7) is 3.77. The molecule has 0 spiro atoms. The lowest BCUT2D eigenvalue weighted by Crippen LogP contribution is -2.17. The van der Waals surface area contributed by atoms with Crippen molar-refractivity contribution in [1.82, 2.24) is 9.78 Å². The quantitative estimate of drug-likeness (QED) is 0.847. The Labute approximate surface area is 106 Å². The Morgan fingerprint density at radius 1 is 1.28 bits per heavy atom. The lowest BCUT2D eigenvalue weighted by molar-refractivity contribution is 0.101. The van der Waals surface area contributed by atoms with Crippen LogP contribution in [-0.2, 0) is 7.05 Å². The second-order valence-corrected chi connectivity index (χ2v) is 4.29. The average molecular weight is 244 g/mol. The summed E-state index contributed by atoms with van der Waals surface area (Å²) in [5.74, 6) is -0.251. The van der Waals surface area contributed by atoms with Crippen molar-refractivity contribution < 1.29 is 4.79 Å². The maximum atomic E-state index is 12.1. The van der Waals surface area contributed by atoms with E-state index in [4.69, 9.17) is 5.73 Å². The number of benzene rings is 1. The Kier molecular flexibility index (Phi) is 3.06. The molecule has 0 unspecified atom stereocenters. The van der Waals surface area contributed by atoms with Crippen LogP contribution in [0.5, 0.6) is 0 Å². The van der Waals surface area contributed by atoms with Crippen LogP contribution in [0.2, 0.25) is 0 Å². The monoisotopic (exact) mass is 244 g/mol. The predicted octanol–water partition coefficient (Wildman–Crippen LogP) is 1.87. The van der Waals surface area contributed by atoms with Crippen molar-refractivity contribution >= 4 is 17.3 Å². The van der Waals surface area contributed by atoms with Crippen molar-refractivity contribution in [2.24, 2.45) is 7.05 Å². The Balaban J connectivity index is 2.24. The standard InChI is InChI=1S/C13H16N4O/c1-8-4-6-10(7-5-8)15-13(18)12-11(14)9(2)16-17(12)3/h4-7H,14H2,1-3H3,(H,15,18). The second kappa shape index (κ2) is 4.52. The van der Waals surface area contributed by atoms with Crippen molar-refractivity contribution in [2.75, 3.05) is 11.1 Å². The van der Waals surface area contributed by atoms with Crippen molar-refractivity contribution in [3.63, 3.8) is 0 Å². The molecule has 0 atom stereocenters. The lowest BCUT2D eigenvalue weighted by atomic mass is 10.2. The van der Waals surface area contributed by atoms with E-state index in [0.29, 0.717) is 17.1 Å². The zero-order valence-electron chi connectivity index (χ0n) is 10.7. The fourth-order valence-corrected chi connectivity index (χ4v) is 1.77. The number of hydrogen-bond donors (Lipinski definition) is 2. The maximum absolute atomic E-state index is 12.1. The highest BCUT2D eigenvalue weighted by Crippen LogP contribution is 2.17. The molecule has 1 aromatic carbocycles. The number of nitrogens with zero attached hydrogens (tertiary/aromatic N) is 2. The molecule has 0 radical (unpaired) electrons. The van der Waals surface area contributed by atoms with Gasteiger partial charge in [0.15, 0.2) is 0 Å². The van der Waals surface area contributed by atoms with Gasteiger partial charge in [-0.15, -0.1) is 0 Å². The van der Waals surface area contributed by atoms with Gasteiger partial charge in [0.05, 0.1) is 11.4 Å². The van der Waals surface area contributed by atoms with Gasteiger partial charge in [-0.05, 0) is 26.0 Å². The molecule has 1 amide bonds. The van der Waals surface area contributed by atoms with Crippen molar-refractivity contribution in [3.05, 3.63) is 41.2 Å². The normalized spacial score (nSPS) is 10.4. The maximum Gasteiger partial charge on any atom is 0.276 e. The van der Waals surface area contributed by atoms with Crippen LogP contribution in [0.3, 0.4) is 0 Å². The van der Waals surface area contributed by atoms with Crippen LogP contribution >= 0.6 is 0 Å². The zero-order valence-corrected chi connectivity index (χ0v) is 10.7. The molecule has 18 heavy (non-hydrogen) atoms. The van der Waals surface area contributed by atoms with Gasteiger partial charge in [0.1, 0.15) is 5.69 Å². The molecule has 94 valence electrons. The first-order valence-corrected chi connectivity index (χ1v) is 5.66. The van der Waals surface area contributed by atoms with Gasteiger partial charge in [0, 0.05) is 12.7 Å². The van der Waals surface area contributed by atoms with Gasteiger partial charge >= 0.3 is 0 Å². The molecule has 5 heteroatoms. The molecule has 0 aliphatic rings. The molecule has 0 aliphatic carbocycles. The number of nitrogens with two attached hydrogens (primary N) is 1. The Morgan fingerprint density at radius 3 is 2.39 bits per heavy atom. The number of nitrogens with one attached hydrogen (secondary N) is 1. The molecule has 5 nitrogen and oxygen atoms in total. The summed E-state index contributed by atoms with van der Waals surface area (Å²) in [4.78, 5) is 12.1. The molecule has 2 rings (SSSR count). The van der Waals surface area contributed by atoms with Gasteiger partial charge in [-0.25, -0.2) is 0 Å². The highest BCUT2D eigenvalue weighted by Gasteiger charge is 2.17. The Bertz CT molecular complexity index is 584. The van der Waals surface area contributed by atoms with E-state index in [9.17, 15) is 4.79 Å². The molecule has 0 saturated heterocycles. The topological polar surface area (TPSA) is 72.9 Å². The van der Waals surface area contributed by atoms with Gasteiger partial charge in [0.2, 0.25) is 0 Å². The highest BCUT2D eigenvalue weighted by atomic mass is 16.2. The SMILES string of the molecule is Cc1ccc(NC(=O)c2c(N)c(C)nn2C)cc1. The van der Waals surface area contributed by atoms with E-state index in [0.717, 1.165) is 11.3 Å². The summed E-state index contributed by atoms with van der Waals surface area (Å²) in [7, 11) is 1.70. The summed E-state index contributed by atoms with van der Waals surface area (Å²) in [6, 6.07) is 7.58. The van der Waals surface area contributed by atoms with Crippen LogP contribution in [0.1, 0.15) is 21.7 Å². The molecular weight excluding hydrogens is 228 g/mol. The van der Waals surface area contributed by atoms with Crippen molar-refractivity contribution in [1.29, 1.82) is 0 Å². The smallest absolute Gasteiger partial charge is 0.276 e. The van der Waals surface area contributed by atoms with Crippen LogP contribution in [0.15, 0.2) is 24.3 Å². The third kappa shape index (κ3) is 2.20. The third-order valence-corrected chi connectivity index (χ3v) is 2.79. The fraction of sp³-hybridized carbons (Fsp3) is 0.231. The van der Waals surface area contributed by atoms with Gasteiger partial charge in [-0.3, -0.25) is 9.48 Å². The average Bonchev–Trinajstić information content (AvgIpc) is 2.56. The Hall–Kier alpha value is -2.30. The molecule has 0 fully saturated rings. The summed E-state index contributed by atoms with van der Waals surface area (Å²) in [6.07, 6.45) is 0.